The molecule has 1 amide bonds. The molecule has 1 atom stereocenters. The first-order chi connectivity index (χ1) is 8.49. The van der Waals surface area contributed by atoms with E-state index >= 15 is 0 Å². The molecule has 0 fully saturated rings. The topological polar surface area (TPSA) is 94.0 Å². The zero-order valence-electron chi connectivity index (χ0n) is 10.2. The predicted octanol–water partition coefficient (Wildman–Crippen LogP) is 0.490. The zero-order valence-corrected chi connectivity index (χ0v) is 11.0. The summed E-state index contributed by atoms with van der Waals surface area (Å²) >= 11 is 5.02. The van der Waals surface area contributed by atoms with Gasteiger partial charge in [0.15, 0.2) is 0 Å². The molecule has 18 heavy (non-hydrogen) atoms. The van der Waals surface area contributed by atoms with Gasteiger partial charge in [0.2, 0.25) is 5.91 Å². The van der Waals surface area contributed by atoms with E-state index in [1.807, 2.05) is 6.07 Å². The number of aromatic nitrogens is 1. The van der Waals surface area contributed by atoms with Gasteiger partial charge in [-0.3, -0.25) is 4.79 Å². The number of primary amides is 1. The molecule has 0 saturated heterocycles. The molecule has 0 saturated carbocycles. The fourth-order valence-corrected chi connectivity index (χ4v) is 2.20. The van der Waals surface area contributed by atoms with Crippen LogP contribution in [0.25, 0.3) is 0 Å². The summed E-state index contributed by atoms with van der Waals surface area (Å²) < 4.78 is 0. The number of carbonyl (C=O) groups is 1. The van der Waals surface area contributed by atoms with Crippen LogP contribution < -0.4 is 16.8 Å². The van der Waals surface area contributed by atoms with Crippen LogP contribution in [0.3, 0.4) is 0 Å². The van der Waals surface area contributed by atoms with E-state index in [-0.39, 0.29) is 4.99 Å². The fraction of sp³-hybridized carbons (Fsp3) is 0.417. The molecule has 1 aromatic heterocycles. The molecule has 5 N–H and O–H groups in total. The lowest BCUT2D eigenvalue weighted by Crippen LogP contribution is -2.33. The largest absolute Gasteiger partial charge is 0.389 e. The Morgan fingerprint density at radius 3 is 2.83 bits per heavy atom. The summed E-state index contributed by atoms with van der Waals surface area (Å²) in [4.78, 5) is 15.9. The molecule has 2 rings (SSSR count). The van der Waals surface area contributed by atoms with Crippen LogP contribution in [0.2, 0.25) is 0 Å². The summed E-state index contributed by atoms with van der Waals surface area (Å²) in [5.74, 6) is 0.112. The second kappa shape index (κ2) is 4.89. The van der Waals surface area contributed by atoms with Gasteiger partial charge in [0.25, 0.3) is 0 Å². The number of amides is 1. The Balaban J connectivity index is 2.38. The zero-order chi connectivity index (χ0) is 13.3. The van der Waals surface area contributed by atoms with Gasteiger partial charge in [-0.2, -0.15) is 0 Å². The molecule has 1 heterocycles. The fourth-order valence-electron chi connectivity index (χ4n) is 2.05. The Hall–Kier alpha value is -1.69. The number of nitrogens with zero attached hydrogens (tertiary/aromatic N) is 1. The van der Waals surface area contributed by atoms with Gasteiger partial charge in [0.1, 0.15) is 16.8 Å². The molecule has 0 spiro atoms. The Bertz CT molecular complexity index is 515. The van der Waals surface area contributed by atoms with Crippen LogP contribution in [0.5, 0.6) is 0 Å². The predicted molar refractivity (Wildman–Crippen MR) is 74.4 cm³/mol. The number of hydrogen-bond acceptors (Lipinski definition) is 4. The van der Waals surface area contributed by atoms with E-state index in [4.69, 9.17) is 23.7 Å². The quantitative estimate of drug-likeness (QED) is 0.688. The van der Waals surface area contributed by atoms with Crippen LogP contribution in [0.15, 0.2) is 6.07 Å². The van der Waals surface area contributed by atoms with Crippen LogP contribution in [0.4, 0.5) is 5.82 Å². The number of aryl methyl sites for hydroxylation is 2. The molecule has 0 bridgehead atoms. The maximum atomic E-state index is 11.1. The third kappa shape index (κ3) is 2.43. The van der Waals surface area contributed by atoms with Crippen molar-refractivity contribution in [2.45, 2.75) is 32.2 Å². The summed E-state index contributed by atoms with van der Waals surface area (Å²) in [6.07, 6.45) is 3.05. The van der Waals surface area contributed by atoms with Crippen LogP contribution in [-0.2, 0) is 17.6 Å². The molecule has 1 aliphatic carbocycles. The van der Waals surface area contributed by atoms with E-state index in [1.54, 1.807) is 6.92 Å². The van der Waals surface area contributed by atoms with Gasteiger partial charge in [-0.15, -0.1) is 0 Å². The highest BCUT2D eigenvalue weighted by Gasteiger charge is 2.19. The molecule has 0 radical (unpaired) electrons. The maximum absolute atomic E-state index is 11.1. The molecule has 0 aromatic carbocycles. The highest BCUT2D eigenvalue weighted by Crippen LogP contribution is 2.25. The Morgan fingerprint density at radius 1 is 1.50 bits per heavy atom. The SMILES string of the molecule is CC(Nc1nc2c(cc1C(N)=S)CCC2)C(N)=O. The second-order valence-corrected chi connectivity index (χ2v) is 4.92. The second-order valence-electron chi connectivity index (χ2n) is 4.48. The van der Waals surface area contributed by atoms with Crippen LogP contribution in [0.1, 0.15) is 30.2 Å². The van der Waals surface area contributed by atoms with E-state index in [9.17, 15) is 4.79 Å². The minimum Gasteiger partial charge on any atom is -0.389 e. The molecular formula is C12H16N4OS. The lowest BCUT2D eigenvalue weighted by Gasteiger charge is -2.15. The standard InChI is InChI=1S/C12H16N4OS/c1-6(10(13)17)15-12-8(11(14)18)5-7-3-2-4-9(7)16-12/h5-6H,2-4H2,1H3,(H2,13,17)(H2,14,18)(H,15,16). The van der Waals surface area contributed by atoms with Gasteiger partial charge < -0.3 is 16.8 Å². The average molecular weight is 264 g/mol. The number of nitrogens with two attached hydrogens (primary N) is 2. The van der Waals surface area contributed by atoms with Gasteiger partial charge in [-0.1, -0.05) is 12.2 Å². The monoisotopic (exact) mass is 264 g/mol. The van der Waals surface area contributed by atoms with E-state index in [1.165, 1.54) is 5.56 Å². The highest BCUT2D eigenvalue weighted by molar-refractivity contribution is 7.80. The van der Waals surface area contributed by atoms with E-state index in [0.29, 0.717) is 11.4 Å². The number of thiocarbonyl (C=S) groups is 1. The molecule has 1 aliphatic rings. The van der Waals surface area contributed by atoms with Crippen LogP contribution in [-0.4, -0.2) is 21.9 Å². The first-order valence-electron chi connectivity index (χ1n) is 5.87. The van der Waals surface area contributed by atoms with Crippen molar-refractivity contribution < 1.29 is 4.79 Å². The summed E-state index contributed by atoms with van der Waals surface area (Å²) in [6.45, 7) is 1.68. The molecule has 5 nitrogen and oxygen atoms in total. The van der Waals surface area contributed by atoms with Gasteiger partial charge in [-0.25, -0.2) is 4.98 Å². The highest BCUT2D eigenvalue weighted by atomic mass is 32.1. The molecular weight excluding hydrogens is 248 g/mol. The number of fused-ring (bicyclic) bond motifs is 1. The molecule has 1 aromatic rings. The number of nitrogens with one attached hydrogen (secondary N) is 1. The number of carbonyl (C=O) groups excluding carboxylic acids is 1. The van der Waals surface area contributed by atoms with Crippen molar-refractivity contribution in [3.63, 3.8) is 0 Å². The normalized spacial score (nSPS) is 14.9. The summed E-state index contributed by atoms with van der Waals surface area (Å²) in [7, 11) is 0. The number of hydrogen-bond donors (Lipinski definition) is 3. The number of pyridine rings is 1. The molecule has 6 heteroatoms. The van der Waals surface area contributed by atoms with Crippen molar-refractivity contribution >= 4 is 28.9 Å². The van der Waals surface area contributed by atoms with E-state index in [2.05, 4.69) is 10.3 Å². The van der Waals surface area contributed by atoms with Gasteiger partial charge in [0.05, 0.1) is 5.56 Å². The molecule has 96 valence electrons. The summed E-state index contributed by atoms with van der Waals surface area (Å²) in [6, 6.07) is 1.46. The van der Waals surface area contributed by atoms with Crippen molar-refractivity contribution in [1.29, 1.82) is 0 Å². The van der Waals surface area contributed by atoms with Crippen molar-refractivity contribution in [2.75, 3.05) is 5.32 Å². The van der Waals surface area contributed by atoms with Crippen molar-refractivity contribution in [2.24, 2.45) is 11.5 Å². The van der Waals surface area contributed by atoms with Gasteiger partial charge in [0, 0.05) is 5.69 Å². The maximum Gasteiger partial charge on any atom is 0.239 e. The third-order valence-corrected chi connectivity index (χ3v) is 3.32. The van der Waals surface area contributed by atoms with Crippen molar-refractivity contribution in [3.05, 3.63) is 22.9 Å². The lowest BCUT2D eigenvalue weighted by atomic mass is 10.1. The Kier molecular flexibility index (Phi) is 3.47. The molecule has 1 unspecified atom stereocenters. The minimum atomic E-state index is -0.509. The van der Waals surface area contributed by atoms with E-state index < -0.39 is 11.9 Å². The number of rotatable bonds is 4. The van der Waals surface area contributed by atoms with Crippen LogP contribution >= 0.6 is 12.2 Å². The van der Waals surface area contributed by atoms with Crippen LogP contribution in [0, 0.1) is 0 Å². The Morgan fingerprint density at radius 2 is 2.22 bits per heavy atom. The van der Waals surface area contributed by atoms with Crippen molar-refractivity contribution in [1.82, 2.24) is 4.98 Å². The van der Waals surface area contributed by atoms with Gasteiger partial charge in [-0.05, 0) is 37.8 Å². The number of anilines is 1. The summed E-state index contributed by atoms with van der Waals surface area (Å²) in [5, 5.41) is 2.97. The van der Waals surface area contributed by atoms with Gasteiger partial charge >= 0.3 is 0 Å². The van der Waals surface area contributed by atoms with Crippen molar-refractivity contribution in [3.8, 4) is 0 Å². The first-order valence-corrected chi connectivity index (χ1v) is 6.28. The summed E-state index contributed by atoms with van der Waals surface area (Å²) in [5.41, 5.74) is 13.8. The Labute approximate surface area is 111 Å². The first kappa shape index (κ1) is 12.8. The minimum absolute atomic E-state index is 0.274. The lowest BCUT2D eigenvalue weighted by molar-refractivity contribution is -0.118. The smallest absolute Gasteiger partial charge is 0.239 e. The average Bonchev–Trinajstić information content (AvgIpc) is 2.74. The third-order valence-electron chi connectivity index (χ3n) is 3.10. The molecule has 0 aliphatic heterocycles. The van der Waals surface area contributed by atoms with E-state index in [0.717, 1.165) is 25.0 Å².